The molecule has 0 saturated heterocycles. The average Bonchev–Trinajstić information content (AvgIpc) is 2.94. The molecular weight excluding hydrogens is 274 g/mol. The van der Waals surface area contributed by atoms with Crippen LogP contribution in [0.15, 0.2) is 12.1 Å². The van der Waals surface area contributed by atoms with Gasteiger partial charge >= 0.3 is 0 Å². The second-order valence-electron chi connectivity index (χ2n) is 6.72. The molecule has 2 rings (SSSR count). The van der Waals surface area contributed by atoms with Crippen LogP contribution in [0.1, 0.15) is 62.6 Å². The minimum atomic E-state index is 0.894. The number of aryl methyl sites for hydroxylation is 1. The SMILES string of the molecule is CCCC1CCC(CNCC)C(Cc2ccc(CC)s2)C1. The predicted molar refractivity (Wildman–Crippen MR) is 95.2 cm³/mol. The van der Waals surface area contributed by atoms with Gasteiger partial charge in [0.1, 0.15) is 0 Å². The van der Waals surface area contributed by atoms with Crippen LogP contribution in [-0.2, 0) is 12.8 Å². The molecule has 0 aliphatic heterocycles. The highest BCUT2D eigenvalue weighted by molar-refractivity contribution is 7.11. The molecule has 1 aromatic heterocycles. The summed E-state index contributed by atoms with van der Waals surface area (Å²) in [5, 5.41) is 3.60. The molecule has 0 spiro atoms. The first-order valence-corrected chi connectivity index (χ1v) is 9.86. The first-order valence-electron chi connectivity index (χ1n) is 9.05. The average molecular weight is 308 g/mol. The summed E-state index contributed by atoms with van der Waals surface area (Å²) in [4.78, 5) is 3.17. The van der Waals surface area contributed by atoms with Gasteiger partial charge in [0.2, 0.25) is 0 Å². The van der Waals surface area contributed by atoms with E-state index in [4.69, 9.17) is 0 Å². The molecule has 120 valence electrons. The Kier molecular flexibility index (Phi) is 7.25. The zero-order valence-corrected chi connectivity index (χ0v) is 15.0. The molecule has 1 fully saturated rings. The van der Waals surface area contributed by atoms with Gasteiger partial charge in [-0.2, -0.15) is 0 Å². The van der Waals surface area contributed by atoms with Crippen molar-refractivity contribution in [3.05, 3.63) is 21.9 Å². The minimum absolute atomic E-state index is 0.894. The van der Waals surface area contributed by atoms with E-state index in [1.807, 2.05) is 11.3 Å². The summed E-state index contributed by atoms with van der Waals surface area (Å²) in [5.41, 5.74) is 0. The van der Waals surface area contributed by atoms with E-state index in [9.17, 15) is 0 Å². The molecule has 1 aliphatic rings. The Morgan fingerprint density at radius 3 is 2.57 bits per heavy atom. The van der Waals surface area contributed by atoms with E-state index < -0.39 is 0 Å². The van der Waals surface area contributed by atoms with E-state index in [2.05, 4.69) is 38.2 Å². The van der Waals surface area contributed by atoms with Gasteiger partial charge in [-0.05, 0) is 68.7 Å². The highest BCUT2D eigenvalue weighted by Gasteiger charge is 2.30. The van der Waals surface area contributed by atoms with E-state index >= 15 is 0 Å². The van der Waals surface area contributed by atoms with Crippen LogP contribution < -0.4 is 5.32 Å². The fourth-order valence-electron chi connectivity index (χ4n) is 3.92. The van der Waals surface area contributed by atoms with Crippen molar-refractivity contribution in [3.63, 3.8) is 0 Å². The lowest BCUT2D eigenvalue weighted by Gasteiger charge is -2.36. The summed E-state index contributed by atoms with van der Waals surface area (Å²) in [6.45, 7) is 9.17. The van der Waals surface area contributed by atoms with Gasteiger partial charge in [0.25, 0.3) is 0 Å². The Morgan fingerprint density at radius 2 is 1.90 bits per heavy atom. The van der Waals surface area contributed by atoms with Crippen molar-refractivity contribution in [1.82, 2.24) is 5.32 Å². The molecule has 1 aliphatic carbocycles. The van der Waals surface area contributed by atoms with Crippen LogP contribution in [0.2, 0.25) is 0 Å². The van der Waals surface area contributed by atoms with Gasteiger partial charge in [-0.1, -0.05) is 40.0 Å². The van der Waals surface area contributed by atoms with E-state index in [0.717, 1.165) is 24.3 Å². The van der Waals surface area contributed by atoms with E-state index in [-0.39, 0.29) is 0 Å². The van der Waals surface area contributed by atoms with Crippen molar-refractivity contribution in [2.45, 2.75) is 65.7 Å². The number of thiophene rings is 1. The van der Waals surface area contributed by atoms with E-state index in [1.54, 1.807) is 9.75 Å². The van der Waals surface area contributed by atoms with Gasteiger partial charge in [-0.3, -0.25) is 0 Å². The third-order valence-electron chi connectivity index (χ3n) is 5.13. The fraction of sp³-hybridized carbons (Fsp3) is 0.789. The summed E-state index contributed by atoms with van der Waals surface area (Å²) >= 11 is 2.05. The van der Waals surface area contributed by atoms with Crippen molar-refractivity contribution in [1.29, 1.82) is 0 Å². The number of hydrogen-bond acceptors (Lipinski definition) is 2. The molecule has 0 radical (unpaired) electrons. The lowest BCUT2D eigenvalue weighted by atomic mass is 9.71. The molecule has 1 N–H and O–H groups in total. The molecule has 2 heteroatoms. The summed E-state index contributed by atoms with van der Waals surface area (Å²) in [5.74, 6) is 2.78. The van der Waals surface area contributed by atoms with Gasteiger partial charge in [0.15, 0.2) is 0 Å². The zero-order valence-electron chi connectivity index (χ0n) is 14.2. The normalized spacial score (nSPS) is 26.1. The van der Waals surface area contributed by atoms with Gasteiger partial charge in [-0.15, -0.1) is 11.3 Å². The first-order chi connectivity index (χ1) is 10.3. The summed E-state index contributed by atoms with van der Waals surface area (Å²) < 4.78 is 0. The summed E-state index contributed by atoms with van der Waals surface area (Å²) in [6, 6.07) is 4.73. The van der Waals surface area contributed by atoms with Crippen LogP contribution in [0.4, 0.5) is 0 Å². The van der Waals surface area contributed by atoms with Gasteiger partial charge in [0.05, 0.1) is 0 Å². The molecule has 0 amide bonds. The smallest absolute Gasteiger partial charge is 0.00510 e. The zero-order chi connectivity index (χ0) is 15.1. The number of nitrogens with one attached hydrogen (secondary N) is 1. The van der Waals surface area contributed by atoms with Gasteiger partial charge < -0.3 is 5.32 Å². The van der Waals surface area contributed by atoms with Crippen LogP contribution >= 0.6 is 11.3 Å². The Balaban J connectivity index is 1.97. The maximum atomic E-state index is 3.60. The summed E-state index contributed by atoms with van der Waals surface area (Å²) in [7, 11) is 0. The molecule has 1 nitrogen and oxygen atoms in total. The van der Waals surface area contributed by atoms with Crippen molar-refractivity contribution in [2.75, 3.05) is 13.1 Å². The predicted octanol–water partition coefficient (Wildman–Crippen LogP) is 5.30. The second-order valence-corrected chi connectivity index (χ2v) is 7.97. The van der Waals surface area contributed by atoms with Gasteiger partial charge in [0, 0.05) is 9.75 Å². The molecule has 3 unspecified atom stereocenters. The minimum Gasteiger partial charge on any atom is -0.317 e. The highest BCUT2D eigenvalue weighted by Crippen LogP contribution is 2.38. The number of rotatable bonds is 8. The molecular formula is C19H33NS. The standard InChI is InChI=1S/C19H33NS/c1-4-7-15-8-9-16(14-20-6-3)17(12-15)13-19-11-10-18(5-2)21-19/h10-11,15-17,20H,4-9,12-14H2,1-3H3. The van der Waals surface area contributed by atoms with Crippen molar-refractivity contribution < 1.29 is 0 Å². The van der Waals surface area contributed by atoms with Crippen LogP contribution in [0.3, 0.4) is 0 Å². The van der Waals surface area contributed by atoms with E-state index in [0.29, 0.717) is 0 Å². The van der Waals surface area contributed by atoms with Gasteiger partial charge in [-0.25, -0.2) is 0 Å². The fourth-order valence-corrected chi connectivity index (χ4v) is 4.97. The third kappa shape index (κ3) is 5.10. The molecule has 1 saturated carbocycles. The Labute approximate surface area is 135 Å². The van der Waals surface area contributed by atoms with Crippen molar-refractivity contribution >= 4 is 11.3 Å². The Morgan fingerprint density at radius 1 is 1.10 bits per heavy atom. The molecule has 0 bridgehead atoms. The van der Waals surface area contributed by atoms with Crippen molar-refractivity contribution in [3.8, 4) is 0 Å². The maximum absolute atomic E-state index is 3.60. The monoisotopic (exact) mass is 307 g/mol. The van der Waals surface area contributed by atoms with Crippen LogP contribution in [-0.4, -0.2) is 13.1 Å². The molecule has 3 atom stereocenters. The number of hydrogen-bond donors (Lipinski definition) is 1. The molecule has 1 aromatic rings. The summed E-state index contributed by atoms with van der Waals surface area (Å²) in [6.07, 6.45) is 9.67. The lowest BCUT2D eigenvalue weighted by molar-refractivity contribution is 0.169. The first kappa shape index (κ1) is 17.0. The molecule has 1 heterocycles. The Bertz CT molecular complexity index is 398. The van der Waals surface area contributed by atoms with Crippen LogP contribution in [0.25, 0.3) is 0 Å². The topological polar surface area (TPSA) is 12.0 Å². The largest absolute Gasteiger partial charge is 0.317 e. The maximum Gasteiger partial charge on any atom is 0.00510 e. The van der Waals surface area contributed by atoms with E-state index in [1.165, 1.54) is 51.5 Å². The van der Waals surface area contributed by atoms with Crippen LogP contribution in [0.5, 0.6) is 0 Å². The van der Waals surface area contributed by atoms with Crippen LogP contribution in [0, 0.1) is 17.8 Å². The second kappa shape index (κ2) is 8.95. The third-order valence-corrected chi connectivity index (χ3v) is 6.38. The lowest BCUT2D eigenvalue weighted by Crippen LogP contribution is -2.34. The highest BCUT2D eigenvalue weighted by atomic mass is 32.1. The Hall–Kier alpha value is -0.340. The molecule has 21 heavy (non-hydrogen) atoms. The quantitative estimate of drug-likeness (QED) is 0.687. The van der Waals surface area contributed by atoms with Crippen molar-refractivity contribution in [2.24, 2.45) is 17.8 Å². The molecule has 0 aromatic carbocycles.